The zero-order valence-electron chi connectivity index (χ0n) is 9.06. The largest absolute Gasteiger partial charge is 0.440 e. The van der Waals surface area contributed by atoms with Crippen molar-refractivity contribution in [2.75, 3.05) is 0 Å². The Hall–Kier alpha value is -1.62. The minimum absolute atomic E-state index is 0.199. The number of nitrogens with two attached hydrogens (primary N) is 1. The Labute approximate surface area is 92.6 Å². The Bertz CT molecular complexity index is 515. The number of nitrogens with zero attached hydrogens (tertiary/aromatic N) is 2. The summed E-state index contributed by atoms with van der Waals surface area (Å²) in [6.45, 7) is 1.84. The number of hydrogen-bond acceptors (Lipinski definition) is 5. The zero-order chi connectivity index (χ0) is 11.1. The van der Waals surface area contributed by atoms with Crippen LogP contribution in [-0.4, -0.2) is 16.2 Å². The topological polar surface area (TPSA) is 78.1 Å². The van der Waals surface area contributed by atoms with Crippen molar-refractivity contribution in [1.29, 1.82) is 0 Å². The quantitative estimate of drug-likeness (QED) is 0.785. The zero-order valence-corrected chi connectivity index (χ0v) is 9.06. The molecule has 0 saturated heterocycles. The van der Waals surface area contributed by atoms with Gasteiger partial charge in [0.25, 0.3) is 0 Å². The van der Waals surface area contributed by atoms with Crippen LogP contribution in [0.25, 0.3) is 11.6 Å². The standard InChI is InChI=1S/C11H13N3O2/c1-6-4-9(14-16-6)11-13-8-5-7(12)2-3-10(8)15-11/h4,7H,2-3,5,12H2,1H3. The second kappa shape index (κ2) is 3.45. The third kappa shape index (κ3) is 1.53. The fraction of sp³-hybridized carbons (Fsp3) is 0.455. The van der Waals surface area contributed by atoms with Gasteiger partial charge in [0, 0.05) is 24.9 Å². The van der Waals surface area contributed by atoms with E-state index in [9.17, 15) is 0 Å². The van der Waals surface area contributed by atoms with Crippen LogP contribution in [0.15, 0.2) is 15.0 Å². The predicted molar refractivity (Wildman–Crippen MR) is 56.7 cm³/mol. The van der Waals surface area contributed by atoms with Gasteiger partial charge in [-0.25, -0.2) is 4.98 Å². The number of rotatable bonds is 1. The van der Waals surface area contributed by atoms with E-state index in [0.29, 0.717) is 11.6 Å². The number of aromatic nitrogens is 2. The number of hydrogen-bond donors (Lipinski definition) is 1. The first-order chi connectivity index (χ1) is 7.72. The van der Waals surface area contributed by atoms with Crippen LogP contribution in [0.5, 0.6) is 0 Å². The van der Waals surface area contributed by atoms with Gasteiger partial charge in [-0.05, 0) is 13.3 Å². The molecule has 0 saturated carbocycles. The molecule has 1 unspecified atom stereocenters. The lowest BCUT2D eigenvalue weighted by atomic mass is 9.98. The molecule has 1 atom stereocenters. The van der Waals surface area contributed by atoms with Crippen LogP contribution in [0.4, 0.5) is 0 Å². The lowest BCUT2D eigenvalue weighted by Gasteiger charge is -2.14. The molecule has 0 bridgehead atoms. The van der Waals surface area contributed by atoms with Crippen molar-refractivity contribution >= 4 is 0 Å². The molecule has 3 rings (SSSR count). The molecule has 1 aliphatic carbocycles. The van der Waals surface area contributed by atoms with Crippen molar-refractivity contribution in [3.8, 4) is 11.6 Å². The van der Waals surface area contributed by atoms with E-state index in [2.05, 4.69) is 10.1 Å². The highest BCUT2D eigenvalue weighted by Crippen LogP contribution is 2.26. The molecule has 5 nitrogen and oxygen atoms in total. The van der Waals surface area contributed by atoms with Gasteiger partial charge in [0.1, 0.15) is 11.5 Å². The van der Waals surface area contributed by atoms with E-state index in [1.54, 1.807) is 0 Å². The number of fused-ring (bicyclic) bond motifs is 1. The SMILES string of the molecule is Cc1cc(-c2nc3c(o2)CCC(N)C3)no1. The second-order valence-electron chi connectivity index (χ2n) is 4.21. The Balaban J connectivity index is 1.98. The van der Waals surface area contributed by atoms with Crippen LogP contribution >= 0.6 is 0 Å². The van der Waals surface area contributed by atoms with E-state index in [4.69, 9.17) is 14.7 Å². The normalized spacial score (nSPS) is 19.8. The monoisotopic (exact) mass is 219 g/mol. The maximum atomic E-state index is 5.89. The van der Waals surface area contributed by atoms with E-state index in [1.807, 2.05) is 13.0 Å². The van der Waals surface area contributed by atoms with Crippen molar-refractivity contribution < 1.29 is 8.94 Å². The third-order valence-electron chi connectivity index (χ3n) is 2.82. The molecule has 0 radical (unpaired) electrons. The first-order valence-corrected chi connectivity index (χ1v) is 5.40. The highest BCUT2D eigenvalue weighted by atomic mass is 16.5. The van der Waals surface area contributed by atoms with Crippen LogP contribution < -0.4 is 5.73 Å². The van der Waals surface area contributed by atoms with E-state index in [0.717, 1.165) is 36.5 Å². The Morgan fingerprint density at radius 2 is 2.38 bits per heavy atom. The molecule has 0 amide bonds. The minimum Gasteiger partial charge on any atom is -0.440 e. The number of oxazole rings is 1. The van der Waals surface area contributed by atoms with Crippen LogP contribution in [0.3, 0.4) is 0 Å². The Kier molecular flexibility index (Phi) is 2.07. The van der Waals surface area contributed by atoms with Gasteiger partial charge in [0.2, 0.25) is 5.89 Å². The molecule has 2 aromatic rings. The molecule has 2 heterocycles. The minimum atomic E-state index is 0.199. The summed E-state index contributed by atoms with van der Waals surface area (Å²) >= 11 is 0. The molecular weight excluding hydrogens is 206 g/mol. The summed E-state index contributed by atoms with van der Waals surface area (Å²) in [7, 11) is 0. The first-order valence-electron chi connectivity index (χ1n) is 5.40. The van der Waals surface area contributed by atoms with Crippen LogP contribution in [0.1, 0.15) is 23.6 Å². The molecule has 5 heteroatoms. The van der Waals surface area contributed by atoms with E-state index in [1.165, 1.54) is 0 Å². The molecule has 0 aromatic carbocycles. The number of aryl methyl sites for hydroxylation is 2. The Morgan fingerprint density at radius 1 is 1.50 bits per heavy atom. The molecule has 0 spiro atoms. The van der Waals surface area contributed by atoms with Gasteiger partial charge in [0.15, 0.2) is 5.69 Å². The smallest absolute Gasteiger partial charge is 0.249 e. The highest BCUT2D eigenvalue weighted by molar-refractivity contribution is 5.47. The molecular formula is C11H13N3O2. The summed E-state index contributed by atoms with van der Waals surface area (Å²) in [6.07, 6.45) is 2.61. The fourth-order valence-electron chi connectivity index (χ4n) is 1.98. The third-order valence-corrected chi connectivity index (χ3v) is 2.82. The van der Waals surface area contributed by atoms with Crippen LogP contribution in [0, 0.1) is 6.92 Å². The Morgan fingerprint density at radius 3 is 3.12 bits per heavy atom. The predicted octanol–water partition coefficient (Wildman–Crippen LogP) is 1.45. The van der Waals surface area contributed by atoms with Gasteiger partial charge in [-0.2, -0.15) is 0 Å². The van der Waals surface area contributed by atoms with Crippen molar-refractivity contribution in [3.63, 3.8) is 0 Å². The van der Waals surface area contributed by atoms with Gasteiger partial charge in [-0.1, -0.05) is 5.16 Å². The highest BCUT2D eigenvalue weighted by Gasteiger charge is 2.23. The average Bonchev–Trinajstić information content (AvgIpc) is 2.83. The van der Waals surface area contributed by atoms with Gasteiger partial charge in [-0.3, -0.25) is 0 Å². The molecule has 84 valence electrons. The van der Waals surface area contributed by atoms with Crippen molar-refractivity contribution in [3.05, 3.63) is 23.3 Å². The summed E-state index contributed by atoms with van der Waals surface area (Å²) in [5.74, 6) is 2.23. The van der Waals surface area contributed by atoms with E-state index in [-0.39, 0.29) is 6.04 Å². The van der Waals surface area contributed by atoms with Gasteiger partial charge >= 0.3 is 0 Å². The summed E-state index contributed by atoms with van der Waals surface area (Å²) in [6, 6.07) is 2.02. The summed E-state index contributed by atoms with van der Waals surface area (Å²) in [5.41, 5.74) is 7.51. The molecule has 0 fully saturated rings. The molecule has 16 heavy (non-hydrogen) atoms. The molecule has 0 aliphatic heterocycles. The fourth-order valence-corrected chi connectivity index (χ4v) is 1.98. The molecule has 1 aliphatic rings. The summed E-state index contributed by atoms with van der Waals surface area (Å²) < 4.78 is 10.7. The summed E-state index contributed by atoms with van der Waals surface area (Å²) in [4.78, 5) is 4.42. The first kappa shape index (κ1) is 9.59. The van der Waals surface area contributed by atoms with Gasteiger partial charge in [-0.15, -0.1) is 0 Å². The lowest BCUT2D eigenvalue weighted by molar-refractivity contribution is 0.395. The lowest BCUT2D eigenvalue weighted by Crippen LogP contribution is -2.27. The van der Waals surface area contributed by atoms with Gasteiger partial charge in [0.05, 0.1) is 5.69 Å². The molecule has 2 aromatic heterocycles. The van der Waals surface area contributed by atoms with Crippen LogP contribution in [-0.2, 0) is 12.8 Å². The maximum Gasteiger partial charge on any atom is 0.249 e. The van der Waals surface area contributed by atoms with Crippen molar-refractivity contribution in [2.24, 2.45) is 5.73 Å². The van der Waals surface area contributed by atoms with E-state index >= 15 is 0 Å². The average molecular weight is 219 g/mol. The van der Waals surface area contributed by atoms with Gasteiger partial charge < -0.3 is 14.7 Å². The van der Waals surface area contributed by atoms with E-state index < -0.39 is 0 Å². The van der Waals surface area contributed by atoms with Crippen LogP contribution in [0.2, 0.25) is 0 Å². The molecule has 2 N–H and O–H groups in total. The maximum absolute atomic E-state index is 5.89. The second-order valence-corrected chi connectivity index (χ2v) is 4.21. The van der Waals surface area contributed by atoms with Crippen molar-refractivity contribution in [1.82, 2.24) is 10.1 Å². The van der Waals surface area contributed by atoms with Crippen molar-refractivity contribution in [2.45, 2.75) is 32.2 Å². The summed E-state index contributed by atoms with van der Waals surface area (Å²) in [5, 5.41) is 3.89.